The Kier molecular flexibility index (Phi) is 5.55. The second kappa shape index (κ2) is 8.07. The molecule has 0 atom stereocenters. The van der Waals surface area contributed by atoms with E-state index in [4.69, 9.17) is 14.7 Å². The predicted molar refractivity (Wildman–Crippen MR) is 109 cm³/mol. The van der Waals surface area contributed by atoms with Gasteiger partial charge in [0.05, 0.1) is 11.6 Å². The molecule has 3 rings (SSSR count). The Balaban J connectivity index is 1.60. The molecule has 7 heteroatoms. The summed E-state index contributed by atoms with van der Waals surface area (Å²) >= 11 is 0. The molecule has 0 saturated carbocycles. The van der Waals surface area contributed by atoms with Crippen molar-refractivity contribution in [3.63, 3.8) is 0 Å². The summed E-state index contributed by atoms with van der Waals surface area (Å²) in [7, 11) is 0. The molecule has 29 heavy (non-hydrogen) atoms. The van der Waals surface area contributed by atoms with Gasteiger partial charge in [-0.25, -0.2) is 4.79 Å². The van der Waals surface area contributed by atoms with Gasteiger partial charge in [0.2, 0.25) is 0 Å². The highest BCUT2D eigenvalue weighted by molar-refractivity contribution is 6.06. The van der Waals surface area contributed by atoms with Crippen LogP contribution in [-0.2, 0) is 9.53 Å². The summed E-state index contributed by atoms with van der Waals surface area (Å²) in [4.78, 5) is 27.2. The number of nitrogens with one attached hydrogen (secondary N) is 2. The summed E-state index contributed by atoms with van der Waals surface area (Å²) < 4.78 is 10.6. The van der Waals surface area contributed by atoms with E-state index < -0.39 is 11.6 Å². The van der Waals surface area contributed by atoms with E-state index in [0.29, 0.717) is 22.7 Å². The third kappa shape index (κ3) is 5.36. The van der Waals surface area contributed by atoms with Gasteiger partial charge in [0.1, 0.15) is 17.0 Å². The van der Waals surface area contributed by atoms with Crippen LogP contribution in [0.1, 0.15) is 36.8 Å². The number of fused-ring (bicyclic) bond motifs is 1. The van der Waals surface area contributed by atoms with Crippen molar-refractivity contribution in [1.29, 1.82) is 5.26 Å². The molecule has 2 aromatic carbocycles. The first-order valence-corrected chi connectivity index (χ1v) is 9.02. The van der Waals surface area contributed by atoms with Crippen molar-refractivity contribution in [2.24, 2.45) is 0 Å². The number of hydrogen-bond donors (Lipinski definition) is 2. The van der Waals surface area contributed by atoms with Crippen molar-refractivity contribution >= 4 is 28.5 Å². The first-order chi connectivity index (χ1) is 13.7. The minimum absolute atomic E-state index is 0.192. The van der Waals surface area contributed by atoms with E-state index in [0.717, 1.165) is 10.9 Å². The van der Waals surface area contributed by atoms with Gasteiger partial charge in [0.25, 0.3) is 5.91 Å². The highest BCUT2D eigenvalue weighted by Crippen LogP contribution is 2.20. The SMILES string of the molecule is CC(C)(C)OC(=O)COc1ccc(NC(=O)c2cc3ccc(C#N)cc3[nH]2)cc1. The minimum Gasteiger partial charge on any atom is -0.482 e. The second-order valence-corrected chi connectivity index (χ2v) is 7.45. The lowest BCUT2D eigenvalue weighted by atomic mass is 10.2. The number of benzene rings is 2. The maximum atomic E-state index is 12.5. The number of H-pyrrole nitrogens is 1. The average Bonchev–Trinajstić information content (AvgIpc) is 3.09. The molecule has 1 amide bonds. The molecule has 148 valence electrons. The summed E-state index contributed by atoms with van der Waals surface area (Å²) in [5, 5.41) is 12.6. The molecule has 2 N–H and O–H groups in total. The summed E-state index contributed by atoms with van der Waals surface area (Å²) in [5.41, 5.74) is 1.65. The van der Waals surface area contributed by atoms with Gasteiger partial charge in [-0.1, -0.05) is 6.07 Å². The lowest BCUT2D eigenvalue weighted by Crippen LogP contribution is -2.27. The third-order valence-corrected chi connectivity index (χ3v) is 3.89. The Morgan fingerprint density at radius 1 is 1.10 bits per heavy atom. The molecule has 0 aliphatic carbocycles. The van der Waals surface area contributed by atoms with Crippen molar-refractivity contribution in [3.05, 3.63) is 59.8 Å². The monoisotopic (exact) mass is 391 g/mol. The Morgan fingerprint density at radius 2 is 1.83 bits per heavy atom. The number of rotatable bonds is 5. The first kappa shape index (κ1) is 20.0. The number of esters is 1. The number of aromatic nitrogens is 1. The largest absolute Gasteiger partial charge is 0.482 e. The van der Waals surface area contributed by atoms with Crippen LogP contribution in [0.3, 0.4) is 0 Å². The average molecular weight is 391 g/mol. The lowest BCUT2D eigenvalue weighted by Gasteiger charge is -2.19. The number of ether oxygens (including phenoxy) is 2. The number of nitrogens with zero attached hydrogens (tertiary/aromatic N) is 1. The molecule has 3 aromatic rings. The topological polar surface area (TPSA) is 104 Å². The number of nitriles is 1. The van der Waals surface area contributed by atoms with Gasteiger partial charge in [0.15, 0.2) is 6.61 Å². The molecule has 7 nitrogen and oxygen atoms in total. The zero-order chi connectivity index (χ0) is 21.0. The van der Waals surface area contributed by atoms with Gasteiger partial charge in [-0.2, -0.15) is 5.26 Å². The maximum absolute atomic E-state index is 12.5. The molecule has 0 aliphatic rings. The van der Waals surface area contributed by atoms with Gasteiger partial charge in [-0.3, -0.25) is 4.79 Å². The number of carbonyl (C=O) groups is 2. The van der Waals surface area contributed by atoms with Crippen LogP contribution in [0.5, 0.6) is 5.75 Å². The van der Waals surface area contributed by atoms with Crippen LogP contribution in [0.15, 0.2) is 48.5 Å². The molecule has 0 spiro atoms. The van der Waals surface area contributed by atoms with E-state index in [1.807, 2.05) is 0 Å². The smallest absolute Gasteiger partial charge is 0.344 e. The van der Waals surface area contributed by atoms with Gasteiger partial charge < -0.3 is 19.8 Å². The zero-order valence-corrected chi connectivity index (χ0v) is 16.4. The molecule has 1 heterocycles. The number of carbonyl (C=O) groups excluding carboxylic acids is 2. The van der Waals surface area contributed by atoms with E-state index >= 15 is 0 Å². The highest BCUT2D eigenvalue weighted by Gasteiger charge is 2.16. The van der Waals surface area contributed by atoms with Crippen molar-refractivity contribution in [2.75, 3.05) is 11.9 Å². The van der Waals surface area contributed by atoms with E-state index in [2.05, 4.69) is 16.4 Å². The summed E-state index contributed by atoms with van der Waals surface area (Å²) in [5.74, 6) is -0.265. The number of hydrogen-bond acceptors (Lipinski definition) is 5. The van der Waals surface area contributed by atoms with Crippen molar-refractivity contribution in [2.45, 2.75) is 26.4 Å². The van der Waals surface area contributed by atoms with Crippen LogP contribution in [-0.4, -0.2) is 29.1 Å². The molecular weight excluding hydrogens is 370 g/mol. The highest BCUT2D eigenvalue weighted by atomic mass is 16.6. The van der Waals surface area contributed by atoms with Crippen LogP contribution in [0, 0.1) is 11.3 Å². The number of amides is 1. The van der Waals surface area contributed by atoms with Gasteiger partial charge in [-0.15, -0.1) is 0 Å². The van der Waals surface area contributed by atoms with Gasteiger partial charge in [-0.05, 0) is 63.2 Å². The van der Waals surface area contributed by atoms with Crippen molar-refractivity contribution in [3.8, 4) is 11.8 Å². The Labute approximate surface area is 168 Å². The summed E-state index contributed by atoms with van der Waals surface area (Å²) in [6.45, 7) is 5.18. The number of anilines is 1. The van der Waals surface area contributed by atoms with E-state index in [1.165, 1.54) is 0 Å². The molecule has 0 aliphatic heterocycles. The normalized spacial score (nSPS) is 11.0. The zero-order valence-electron chi connectivity index (χ0n) is 16.4. The van der Waals surface area contributed by atoms with Crippen LogP contribution in [0.25, 0.3) is 10.9 Å². The Morgan fingerprint density at radius 3 is 2.48 bits per heavy atom. The summed E-state index contributed by atoms with van der Waals surface area (Å²) in [6, 6.07) is 15.7. The van der Waals surface area contributed by atoms with Crippen LogP contribution in [0.2, 0.25) is 0 Å². The third-order valence-electron chi connectivity index (χ3n) is 3.89. The molecule has 0 saturated heterocycles. The van der Waals surface area contributed by atoms with Crippen molar-refractivity contribution in [1.82, 2.24) is 4.98 Å². The van der Waals surface area contributed by atoms with Crippen LogP contribution < -0.4 is 10.1 Å². The van der Waals surface area contributed by atoms with E-state index in [-0.39, 0.29) is 12.5 Å². The fourth-order valence-electron chi connectivity index (χ4n) is 2.67. The van der Waals surface area contributed by atoms with Gasteiger partial charge in [0, 0.05) is 16.6 Å². The molecular formula is C22H21N3O4. The quantitative estimate of drug-likeness (QED) is 0.640. The molecule has 0 unspecified atom stereocenters. The van der Waals surface area contributed by atoms with E-state index in [1.54, 1.807) is 69.3 Å². The minimum atomic E-state index is -0.562. The van der Waals surface area contributed by atoms with Crippen LogP contribution >= 0.6 is 0 Å². The van der Waals surface area contributed by atoms with E-state index in [9.17, 15) is 9.59 Å². The fourth-order valence-corrected chi connectivity index (χ4v) is 2.67. The van der Waals surface area contributed by atoms with Gasteiger partial charge >= 0.3 is 5.97 Å². The van der Waals surface area contributed by atoms with Crippen molar-refractivity contribution < 1.29 is 19.1 Å². The Bertz CT molecular complexity index is 1090. The second-order valence-electron chi connectivity index (χ2n) is 7.45. The summed E-state index contributed by atoms with van der Waals surface area (Å²) in [6.07, 6.45) is 0. The van der Waals surface area contributed by atoms with Crippen LogP contribution in [0.4, 0.5) is 5.69 Å². The standard InChI is InChI=1S/C22H21N3O4/c1-22(2,3)29-20(26)13-28-17-8-6-16(7-9-17)24-21(27)19-11-15-5-4-14(12-23)10-18(15)25-19/h4-11,25H,13H2,1-3H3,(H,24,27). The fraction of sp³-hybridized carbons (Fsp3) is 0.227. The Hall–Kier alpha value is -3.79. The number of aromatic amines is 1. The molecule has 0 fully saturated rings. The molecule has 1 aromatic heterocycles. The molecule has 0 radical (unpaired) electrons. The first-order valence-electron chi connectivity index (χ1n) is 9.02. The lowest BCUT2D eigenvalue weighted by molar-refractivity contribution is -0.157. The predicted octanol–water partition coefficient (Wildman–Crippen LogP) is 4.01. The molecule has 0 bridgehead atoms. The maximum Gasteiger partial charge on any atom is 0.344 e.